The van der Waals surface area contributed by atoms with Gasteiger partial charge in [-0.1, -0.05) is 26.0 Å². The first-order valence-corrected chi connectivity index (χ1v) is 10.3. The van der Waals surface area contributed by atoms with Crippen molar-refractivity contribution >= 4 is 10.0 Å². The van der Waals surface area contributed by atoms with E-state index in [-0.39, 0.29) is 12.0 Å². The maximum absolute atomic E-state index is 12.9. The third-order valence-corrected chi connectivity index (χ3v) is 6.35. The van der Waals surface area contributed by atoms with E-state index >= 15 is 0 Å². The normalized spacial score (nSPS) is 13.1. The number of aryl methyl sites for hydroxylation is 3. The SMILES string of the molecule is COc1cc(C)c([C@H](C)NS(=O)(=O)c2cc(C)ccc2C)cc1C(C)C. The zero-order valence-corrected chi connectivity index (χ0v) is 17.5. The summed E-state index contributed by atoms with van der Waals surface area (Å²) >= 11 is 0. The summed E-state index contributed by atoms with van der Waals surface area (Å²) in [6, 6.07) is 9.15. The van der Waals surface area contributed by atoms with Crippen LogP contribution in [-0.4, -0.2) is 15.5 Å². The Balaban J connectivity index is 2.42. The first-order chi connectivity index (χ1) is 12.1. The predicted molar refractivity (Wildman–Crippen MR) is 106 cm³/mol. The molecule has 0 amide bonds. The van der Waals surface area contributed by atoms with Crippen molar-refractivity contribution in [3.63, 3.8) is 0 Å². The largest absolute Gasteiger partial charge is 0.496 e. The summed E-state index contributed by atoms with van der Waals surface area (Å²) in [6.07, 6.45) is 0. The zero-order chi connectivity index (χ0) is 19.6. The Labute approximate surface area is 157 Å². The van der Waals surface area contributed by atoms with Gasteiger partial charge in [-0.15, -0.1) is 0 Å². The van der Waals surface area contributed by atoms with E-state index < -0.39 is 10.0 Å². The molecular formula is C21H29NO3S. The molecule has 0 saturated carbocycles. The Kier molecular flexibility index (Phi) is 6.14. The number of sulfonamides is 1. The van der Waals surface area contributed by atoms with Crippen LogP contribution in [0.2, 0.25) is 0 Å². The van der Waals surface area contributed by atoms with Crippen LogP contribution < -0.4 is 9.46 Å². The van der Waals surface area contributed by atoms with Crippen molar-refractivity contribution in [1.82, 2.24) is 4.72 Å². The van der Waals surface area contributed by atoms with Crippen LogP contribution >= 0.6 is 0 Å². The second-order valence-corrected chi connectivity index (χ2v) is 8.90. The van der Waals surface area contributed by atoms with Crippen LogP contribution in [0.1, 0.15) is 60.5 Å². The molecule has 0 fully saturated rings. The van der Waals surface area contributed by atoms with Crippen molar-refractivity contribution in [3.8, 4) is 5.75 Å². The lowest BCUT2D eigenvalue weighted by molar-refractivity contribution is 0.406. The molecule has 0 radical (unpaired) electrons. The second-order valence-electron chi connectivity index (χ2n) is 7.22. The fourth-order valence-corrected chi connectivity index (χ4v) is 4.72. The first-order valence-electron chi connectivity index (χ1n) is 8.84. The second kappa shape index (κ2) is 7.80. The van der Waals surface area contributed by atoms with E-state index in [4.69, 9.17) is 4.74 Å². The van der Waals surface area contributed by atoms with E-state index in [9.17, 15) is 8.42 Å². The van der Waals surface area contributed by atoms with E-state index in [2.05, 4.69) is 24.6 Å². The minimum absolute atomic E-state index is 0.284. The number of nitrogens with one attached hydrogen (secondary N) is 1. The first kappa shape index (κ1) is 20.5. The molecule has 0 saturated heterocycles. The molecular weight excluding hydrogens is 346 g/mol. The third kappa shape index (κ3) is 4.27. The maximum Gasteiger partial charge on any atom is 0.241 e. The summed E-state index contributed by atoms with van der Waals surface area (Å²) in [6.45, 7) is 11.8. The van der Waals surface area contributed by atoms with Crippen LogP contribution in [0.15, 0.2) is 35.2 Å². The van der Waals surface area contributed by atoms with Crippen LogP contribution in [0.3, 0.4) is 0 Å². The predicted octanol–water partition coefficient (Wildman–Crippen LogP) is 4.78. The van der Waals surface area contributed by atoms with Gasteiger partial charge >= 0.3 is 0 Å². The average Bonchev–Trinajstić information content (AvgIpc) is 2.55. The smallest absolute Gasteiger partial charge is 0.241 e. The van der Waals surface area contributed by atoms with Crippen molar-refractivity contribution in [2.45, 2.75) is 58.4 Å². The van der Waals surface area contributed by atoms with Gasteiger partial charge in [0.1, 0.15) is 5.75 Å². The highest BCUT2D eigenvalue weighted by molar-refractivity contribution is 7.89. The number of hydrogen-bond donors (Lipinski definition) is 1. The fourth-order valence-electron chi connectivity index (χ4n) is 3.17. The molecule has 0 unspecified atom stereocenters. The summed E-state index contributed by atoms with van der Waals surface area (Å²) in [7, 11) is -1.95. The van der Waals surface area contributed by atoms with Crippen molar-refractivity contribution in [2.75, 3.05) is 7.11 Å². The molecule has 142 valence electrons. The topological polar surface area (TPSA) is 55.4 Å². The summed E-state index contributed by atoms with van der Waals surface area (Å²) < 4.78 is 34.1. The highest BCUT2D eigenvalue weighted by Crippen LogP contribution is 2.32. The average molecular weight is 376 g/mol. The molecule has 0 aliphatic carbocycles. The molecule has 4 nitrogen and oxygen atoms in total. The van der Waals surface area contributed by atoms with E-state index in [1.807, 2.05) is 45.9 Å². The lowest BCUT2D eigenvalue weighted by Crippen LogP contribution is -2.28. The van der Waals surface area contributed by atoms with Crippen LogP contribution in [0.4, 0.5) is 0 Å². The molecule has 0 heterocycles. The Bertz CT molecular complexity index is 902. The van der Waals surface area contributed by atoms with Gasteiger partial charge in [0, 0.05) is 6.04 Å². The Hall–Kier alpha value is -1.85. The minimum atomic E-state index is -3.61. The van der Waals surface area contributed by atoms with Crippen LogP contribution in [0, 0.1) is 20.8 Å². The van der Waals surface area contributed by atoms with Gasteiger partial charge in [-0.3, -0.25) is 0 Å². The number of rotatable bonds is 6. The summed E-state index contributed by atoms with van der Waals surface area (Å²) in [5.41, 5.74) is 4.70. The molecule has 0 spiro atoms. The molecule has 5 heteroatoms. The summed E-state index contributed by atoms with van der Waals surface area (Å²) in [5, 5.41) is 0. The van der Waals surface area contributed by atoms with Gasteiger partial charge in [0.25, 0.3) is 0 Å². The third-order valence-electron chi connectivity index (χ3n) is 4.67. The summed E-state index contributed by atoms with van der Waals surface area (Å²) in [4.78, 5) is 0.333. The molecule has 0 aliphatic rings. The highest BCUT2D eigenvalue weighted by Gasteiger charge is 2.22. The Morgan fingerprint density at radius 2 is 1.58 bits per heavy atom. The van der Waals surface area contributed by atoms with Gasteiger partial charge < -0.3 is 4.74 Å². The quantitative estimate of drug-likeness (QED) is 0.790. The number of benzene rings is 2. The molecule has 26 heavy (non-hydrogen) atoms. The molecule has 2 aromatic rings. The molecule has 0 aliphatic heterocycles. The fraction of sp³-hybridized carbons (Fsp3) is 0.429. The van der Waals surface area contributed by atoms with Crippen LogP contribution in [-0.2, 0) is 10.0 Å². The summed E-state index contributed by atoms with van der Waals surface area (Å²) in [5.74, 6) is 1.12. The Morgan fingerprint density at radius 1 is 0.923 bits per heavy atom. The number of ether oxygens (including phenoxy) is 1. The number of hydrogen-bond acceptors (Lipinski definition) is 3. The lowest BCUT2D eigenvalue weighted by Gasteiger charge is -2.21. The molecule has 0 bridgehead atoms. The van der Waals surface area contributed by atoms with Gasteiger partial charge in [0.15, 0.2) is 0 Å². The Morgan fingerprint density at radius 3 is 2.15 bits per heavy atom. The minimum Gasteiger partial charge on any atom is -0.496 e. The number of methoxy groups -OCH3 is 1. The van der Waals surface area contributed by atoms with Crippen LogP contribution in [0.5, 0.6) is 5.75 Å². The maximum atomic E-state index is 12.9. The van der Waals surface area contributed by atoms with Crippen LogP contribution in [0.25, 0.3) is 0 Å². The van der Waals surface area contributed by atoms with Gasteiger partial charge in [-0.05, 0) is 79.6 Å². The van der Waals surface area contributed by atoms with Gasteiger partial charge in [0.2, 0.25) is 10.0 Å². The van der Waals surface area contributed by atoms with Crippen molar-refractivity contribution in [1.29, 1.82) is 0 Å². The van der Waals surface area contributed by atoms with Crippen molar-refractivity contribution in [3.05, 3.63) is 58.1 Å². The monoisotopic (exact) mass is 375 g/mol. The zero-order valence-electron chi connectivity index (χ0n) is 16.7. The highest BCUT2D eigenvalue weighted by atomic mass is 32.2. The molecule has 2 aromatic carbocycles. The van der Waals surface area contributed by atoms with Gasteiger partial charge in [-0.25, -0.2) is 13.1 Å². The van der Waals surface area contributed by atoms with Crippen molar-refractivity contribution < 1.29 is 13.2 Å². The van der Waals surface area contributed by atoms with E-state index in [0.29, 0.717) is 4.90 Å². The van der Waals surface area contributed by atoms with E-state index in [0.717, 1.165) is 33.6 Å². The van der Waals surface area contributed by atoms with E-state index in [1.54, 1.807) is 13.2 Å². The van der Waals surface area contributed by atoms with Gasteiger partial charge in [0.05, 0.1) is 12.0 Å². The van der Waals surface area contributed by atoms with E-state index in [1.165, 1.54) is 0 Å². The molecule has 2 rings (SSSR count). The standard InChI is InChI=1S/C21H29NO3S/c1-13(2)18-12-19(16(5)11-20(18)25-7)17(6)22-26(23,24)21-10-14(3)8-9-15(21)4/h8-13,17,22H,1-7H3/t17-/m0/s1. The molecule has 0 aromatic heterocycles. The van der Waals surface area contributed by atoms with Crippen molar-refractivity contribution in [2.24, 2.45) is 0 Å². The molecule has 1 atom stereocenters. The van der Waals surface area contributed by atoms with Gasteiger partial charge in [-0.2, -0.15) is 0 Å². The lowest BCUT2D eigenvalue weighted by atomic mass is 9.94. The molecule has 1 N–H and O–H groups in total.